The van der Waals surface area contributed by atoms with Crippen LogP contribution in [-0.2, 0) is 13.5 Å². The second kappa shape index (κ2) is 4.75. The van der Waals surface area contributed by atoms with E-state index in [0.29, 0.717) is 11.9 Å². The number of alkyl halides is 1. The Labute approximate surface area is 104 Å². The fraction of sp³-hybridized carbons (Fsp3) is 0.500. The summed E-state index contributed by atoms with van der Waals surface area (Å²) < 4.78 is 7.09. The number of hydrogen-bond acceptors (Lipinski definition) is 5. The highest BCUT2D eigenvalue weighted by molar-refractivity contribution is 6.20. The van der Waals surface area contributed by atoms with E-state index < -0.39 is 0 Å². The number of halogens is 1. The fourth-order valence-electron chi connectivity index (χ4n) is 1.46. The van der Waals surface area contributed by atoms with Crippen LogP contribution >= 0.6 is 11.6 Å². The molecular weight excluding hydrogens is 242 g/mol. The van der Waals surface area contributed by atoms with Gasteiger partial charge in [-0.2, -0.15) is 5.10 Å². The van der Waals surface area contributed by atoms with Crippen molar-refractivity contribution in [2.24, 2.45) is 7.05 Å². The number of anilines is 2. The normalized spacial score (nSPS) is 12.7. The minimum Gasteiger partial charge on any atom is -0.406 e. The third-order valence-corrected chi connectivity index (χ3v) is 2.45. The van der Waals surface area contributed by atoms with E-state index >= 15 is 0 Å². The van der Waals surface area contributed by atoms with Crippen molar-refractivity contribution in [3.05, 3.63) is 17.8 Å². The maximum absolute atomic E-state index is 5.84. The van der Waals surface area contributed by atoms with Gasteiger partial charge in [0, 0.05) is 13.2 Å². The number of rotatable bonds is 4. The molecule has 7 heteroatoms. The molecule has 6 nitrogen and oxygen atoms in total. The summed E-state index contributed by atoms with van der Waals surface area (Å²) in [5.74, 6) is 0.399. The summed E-state index contributed by atoms with van der Waals surface area (Å²) in [5, 5.41) is 14.8. The summed E-state index contributed by atoms with van der Waals surface area (Å²) in [6, 6.07) is 0.329. The molecule has 0 fully saturated rings. The minimum atomic E-state index is -0.294. The molecule has 1 N–H and O–H groups in total. The average Bonchev–Trinajstić information content (AvgIpc) is 2.86. The lowest BCUT2D eigenvalue weighted by Gasteiger charge is -1.98. The van der Waals surface area contributed by atoms with Gasteiger partial charge in [0.1, 0.15) is 5.38 Å². The summed E-state index contributed by atoms with van der Waals surface area (Å²) in [6.07, 6.45) is 2.70. The monoisotopic (exact) mass is 255 g/mol. The molecule has 0 spiro atoms. The quantitative estimate of drug-likeness (QED) is 0.850. The average molecular weight is 256 g/mol. The summed E-state index contributed by atoms with van der Waals surface area (Å²) in [4.78, 5) is 0. The Balaban J connectivity index is 2.19. The highest BCUT2D eigenvalue weighted by Crippen LogP contribution is 2.23. The number of nitrogens with one attached hydrogen (secondary N) is 1. The fourth-order valence-corrected chi connectivity index (χ4v) is 1.55. The van der Waals surface area contributed by atoms with E-state index in [-0.39, 0.29) is 5.38 Å². The Kier molecular flexibility index (Phi) is 3.33. The number of aromatic nitrogens is 4. The smallest absolute Gasteiger partial charge is 0.320 e. The Morgan fingerprint density at radius 3 is 2.88 bits per heavy atom. The topological polar surface area (TPSA) is 68.8 Å². The summed E-state index contributed by atoms with van der Waals surface area (Å²) in [5.41, 5.74) is 1.82. The zero-order valence-electron chi connectivity index (χ0n) is 9.94. The number of aryl methyl sites for hydroxylation is 2. The van der Waals surface area contributed by atoms with Crippen molar-refractivity contribution in [2.45, 2.75) is 25.6 Å². The molecule has 2 aromatic heterocycles. The van der Waals surface area contributed by atoms with Gasteiger partial charge in [-0.3, -0.25) is 4.68 Å². The van der Waals surface area contributed by atoms with Crippen molar-refractivity contribution in [3.63, 3.8) is 0 Å². The lowest BCUT2D eigenvalue weighted by Crippen LogP contribution is -1.93. The molecule has 0 amide bonds. The van der Waals surface area contributed by atoms with Crippen molar-refractivity contribution in [2.75, 3.05) is 5.32 Å². The van der Waals surface area contributed by atoms with Gasteiger partial charge in [-0.15, -0.1) is 16.7 Å². The van der Waals surface area contributed by atoms with Gasteiger partial charge in [0.25, 0.3) is 0 Å². The lowest BCUT2D eigenvalue weighted by atomic mass is 10.3. The van der Waals surface area contributed by atoms with E-state index in [0.717, 1.165) is 17.8 Å². The molecule has 2 heterocycles. The standard InChI is InChI=1S/C10H14ClN5O/c1-4-7-8(5-16(3)15-7)12-10-14-13-9(17-10)6(2)11/h5-6H,4H2,1-3H3,(H,12,14). The van der Waals surface area contributed by atoms with E-state index in [1.165, 1.54) is 0 Å². The molecule has 1 unspecified atom stereocenters. The second-order valence-corrected chi connectivity index (χ2v) is 4.36. The Hall–Kier alpha value is -1.56. The molecule has 0 aliphatic carbocycles. The Bertz CT molecular complexity index is 505. The maximum atomic E-state index is 5.84. The summed E-state index contributed by atoms with van der Waals surface area (Å²) in [7, 11) is 1.87. The lowest BCUT2D eigenvalue weighted by molar-refractivity contribution is 0.510. The summed E-state index contributed by atoms with van der Waals surface area (Å²) in [6.45, 7) is 3.81. The van der Waals surface area contributed by atoms with Crippen LogP contribution in [0.1, 0.15) is 30.8 Å². The zero-order chi connectivity index (χ0) is 12.4. The molecule has 0 saturated carbocycles. The highest BCUT2D eigenvalue weighted by Gasteiger charge is 2.13. The zero-order valence-corrected chi connectivity index (χ0v) is 10.7. The predicted molar refractivity (Wildman–Crippen MR) is 64.4 cm³/mol. The molecule has 2 aromatic rings. The van der Waals surface area contributed by atoms with E-state index in [2.05, 4.69) is 20.6 Å². The molecule has 2 rings (SSSR count). The first-order chi connectivity index (χ1) is 8.10. The van der Waals surface area contributed by atoms with E-state index in [4.69, 9.17) is 16.0 Å². The number of nitrogens with zero attached hydrogens (tertiary/aromatic N) is 4. The first-order valence-corrected chi connectivity index (χ1v) is 5.80. The molecule has 0 saturated heterocycles. The maximum Gasteiger partial charge on any atom is 0.320 e. The molecule has 1 atom stereocenters. The molecule has 92 valence electrons. The van der Waals surface area contributed by atoms with Crippen molar-refractivity contribution in [3.8, 4) is 0 Å². The van der Waals surface area contributed by atoms with Crippen LogP contribution in [-0.4, -0.2) is 20.0 Å². The van der Waals surface area contributed by atoms with Crippen LogP contribution in [0.25, 0.3) is 0 Å². The molecule has 0 aliphatic rings. The van der Waals surface area contributed by atoms with E-state index in [1.807, 2.05) is 20.2 Å². The van der Waals surface area contributed by atoms with Crippen LogP contribution in [0.4, 0.5) is 11.7 Å². The molecular formula is C10H14ClN5O. The van der Waals surface area contributed by atoms with Crippen LogP contribution in [0.5, 0.6) is 0 Å². The van der Waals surface area contributed by atoms with Crippen LogP contribution in [0.3, 0.4) is 0 Å². The molecule has 0 bridgehead atoms. The Morgan fingerprint density at radius 2 is 2.29 bits per heavy atom. The largest absolute Gasteiger partial charge is 0.406 e. The first-order valence-electron chi connectivity index (χ1n) is 5.37. The molecule has 0 aliphatic heterocycles. The van der Waals surface area contributed by atoms with Crippen LogP contribution in [0, 0.1) is 0 Å². The third-order valence-electron chi connectivity index (χ3n) is 2.26. The SMILES string of the molecule is CCc1nn(C)cc1Nc1nnc(C(C)Cl)o1. The van der Waals surface area contributed by atoms with Gasteiger partial charge in [0.15, 0.2) is 0 Å². The van der Waals surface area contributed by atoms with Gasteiger partial charge in [0.2, 0.25) is 5.89 Å². The van der Waals surface area contributed by atoms with Gasteiger partial charge >= 0.3 is 6.01 Å². The van der Waals surface area contributed by atoms with Crippen LogP contribution in [0.2, 0.25) is 0 Å². The van der Waals surface area contributed by atoms with Gasteiger partial charge in [-0.25, -0.2) is 0 Å². The van der Waals surface area contributed by atoms with E-state index in [1.54, 1.807) is 11.6 Å². The molecule has 0 aromatic carbocycles. The molecule has 0 radical (unpaired) electrons. The third kappa shape index (κ3) is 2.58. The van der Waals surface area contributed by atoms with Crippen molar-refractivity contribution >= 4 is 23.3 Å². The van der Waals surface area contributed by atoms with Crippen LogP contribution in [0.15, 0.2) is 10.6 Å². The van der Waals surface area contributed by atoms with E-state index in [9.17, 15) is 0 Å². The minimum absolute atomic E-state index is 0.294. The first kappa shape index (κ1) is 11.9. The van der Waals surface area contributed by atoms with Crippen LogP contribution < -0.4 is 5.32 Å². The van der Waals surface area contributed by atoms with Gasteiger partial charge in [-0.05, 0) is 13.3 Å². The van der Waals surface area contributed by atoms with Crippen molar-refractivity contribution in [1.82, 2.24) is 20.0 Å². The van der Waals surface area contributed by atoms with Crippen molar-refractivity contribution in [1.29, 1.82) is 0 Å². The Morgan fingerprint density at radius 1 is 1.53 bits per heavy atom. The van der Waals surface area contributed by atoms with Gasteiger partial charge in [-0.1, -0.05) is 12.0 Å². The second-order valence-electron chi connectivity index (χ2n) is 3.70. The molecule has 17 heavy (non-hydrogen) atoms. The predicted octanol–water partition coefficient (Wildman–Crippen LogP) is 2.41. The summed E-state index contributed by atoms with van der Waals surface area (Å²) >= 11 is 5.84. The number of hydrogen-bond donors (Lipinski definition) is 1. The highest BCUT2D eigenvalue weighted by atomic mass is 35.5. The van der Waals surface area contributed by atoms with Gasteiger partial charge < -0.3 is 9.73 Å². The van der Waals surface area contributed by atoms with Crippen molar-refractivity contribution < 1.29 is 4.42 Å². The van der Waals surface area contributed by atoms with Gasteiger partial charge in [0.05, 0.1) is 11.4 Å².